The molecule has 0 saturated carbocycles. The molecule has 2 unspecified atom stereocenters. The van der Waals surface area contributed by atoms with E-state index in [1.807, 2.05) is 0 Å². The molecule has 5 atom stereocenters. The number of carbonyl (C=O) groups excluding carboxylic acids is 4. The molecule has 0 radical (unpaired) electrons. The van der Waals surface area contributed by atoms with Gasteiger partial charge >= 0.3 is 39.5 Å². The van der Waals surface area contributed by atoms with E-state index in [1.165, 1.54) is 173 Å². The standard InChI is InChI=1S/C75H146O17P2/c1-65(2)51-43-35-27-21-15-10-9-11-19-25-31-41-49-57-74(79)92-71(62-86-73(78)56-48-40-34-33-38-46-54-68(7)8)64-90-94(83,84)88-60-69(76)59-87-93(81,82)89-63-70(91-75(80)58-50-42-32-26-20-14-17-23-29-37-45-53-67(5)6)61-85-72(77)55-47-39-30-24-18-13-12-16-22-28-36-44-52-66(3)4/h65-71,76H,9-64H2,1-8H3,(H,81,82)(H,83,84)/t69-,70-,71-/m1/s1. The fourth-order valence-corrected chi connectivity index (χ4v) is 13.0. The van der Waals surface area contributed by atoms with Crippen LogP contribution in [-0.2, 0) is 65.4 Å². The number of unbranched alkanes of at least 4 members (excludes halogenated alkanes) is 38. The van der Waals surface area contributed by atoms with Gasteiger partial charge in [0.1, 0.15) is 19.3 Å². The third-order valence-electron chi connectivity index (χ3n) is 17.3. The second-order valence-corrected chi connectivity index (χ2v) is 31.9. The molecular weight excluding hydrogens is 1230 g/mol. The minimum Gasteiger partial charge on any atom is -0.462 e. The Labute approximate surface area is 575 Å². The summed E-state index contributed by atoms with van der Waals surface area (Å²) < 4.78 is 68.5. The van der Waals surface area contributed by atoms with Crippen molar-refractivity contribution in [1.29, 1.82) is 0 Å². The molecule has 0 rings (SSSR count). The smallest absolute Gasteiger partial charge is 0.462 e. The second-order valence-electron chi connectivity index (χ2n) is 28.9. The van der Waals surface area contributed by atoms with Crippen LogP contribution in [-0.4, -0.2) is 96.7 Å². The number of esters is 4. The van der Waals surface area contributed by atoms with E-state index in [2.05, 4.69) is 55.4 Å². The van der Waals surface area contributed by atoms with Crippen molar-refractivity contribution in [1.82, 2.24) is 0 Å². The number of ether oxygens (including phenoxy) is 4. The van der Waals surface area contributed by atoms with Crippen LogP contribution in [0.25, 0.3) is 0 Å². The molecule has 0 aliphatic heterocycles. The van der Waals surface area contributed by atoms with Gasteiger partial charge in [-0.05, 0) is 49.4 Å². The van der Waals surface area contributed by atoms with Crippen LogP contribution in [0.1, 0.15) is 376 Å². The van der Waals surface area contributed by atoms with Gasteiger partial charge in [0.05, 0.1) is 26.4 Å². The van der Waals surface area contributed by atoms with Crippen LogP contribution in [0.2, 0.25) is 0 Å². The van der Waals surface area contributed by atoms with Gasteiger partial charge in [-0.2, -0.15) is 0 Å². The number of carbonyl (C=O) groups is 4. The summed E-state index contributed by atoms with van der Waals surface area (Å²) >= 11 is 0. The largest absolute Gasteiger partial charge is 0.472 e. The highest BCUT2D eigenvalue weighted by Crippen LogP contribution is 2.45. The maximum Gasteiger partial charge on any atom is 0.472 e. The van der Waals surface area contributed by atoms with Crippen LogP contribution >= 0.6 is 15.6 Å². The van der Waals surface area contributed by atoms with Gasteiger partial charge in [0.25, 0.3) is 0 Å². The maximum atomic E-state index is 13.1. The normalized spacial score (nSPS) is 14.2. The van der Waals surface area contributed by atoms with Gasteiger partial charge in [-0.25, -0.2) is 9.13 Å². The third kappa shape index (κ3) is 68.6. The average Bonchev–Trinajstić information content (AvgIpc) is 1.17. The van der Waals surface area contributed by atoms with E-state index in [1.54, 1.807) is 0 Å². The summed E-state index contributed by atoms with van der Waals surface area (Å²) in [5.74, 6) is 0.890. The van der Waals surface area contributed by atoms with Gasteiger partial charge in [0.15, 0.2) is 12.2 Å². The molecule has 0 aromatic carbocycles. The number of rotatable bonds is 72. The van der Waals surface area contributed by atoms with Crippen molar-refractivity contribution in [3.8, 4) is 0 Å². The Balaban J connectivity index is 5.24. The van der Waals surface area contributed by atoms with Crippen molar-refractivity contribution in [3.05, 3.63) is 0 Å². The molecule has 0 aliphatic carbocycles. The first kappa shape index (κ1) is 92.1. The van der Waals surface area contributed by atoms with E-state index < -0.39 is 97.5 Å². The van der Waals surface area contributed by atoms with Crippen molar-refractivity contribution in [2.75, 3.05) is 39.6 Å². The Morgan fingerprint density at radius 1 is 0.266 bits per heavy atom. The third-order valence-corrected chi connectivity index (χ3v) is 19.2. The summed E-state index contributed by atoms with van der Waals surface area (Å²) in [4.78, 5) is 72.8. The Hall–Kier alpha value is -1.94. The predicted octanol–water partition coefficient (Wildman–Crippen LogP) is 21.7. The Morgan fingerprint density at radius 3 is 0.660 bits per heavy atom. The zero-order chi connectivity index (χ0) is 69.6. The van der Waals surface area contributed by atoms with Crippen LogP contribution in [0.3, 0.4) is 0 Å². The van der Waals surface area contributed by atoms with E-state index in [-0.39, 0.29) is 25.7 Å². The molecule has 0 aromatic rings. The predicted molar refractivity (Wildman–Crippen MR) is 381 cm³/mol. The molecule has 0 aliphatic rings. The van der Waals surface area contributed by atoms with Gasteiger partial charge < -0.3 is 33.8 Å². The number of hydrogen-bond donors (Lipinski definition) is 3. The number of phosphoric ester groups is 2. The summed E-state index contributed by atoms with van der Waals surface area (Å²) in [7, 11) is -9.91. The molecule has 0 fully saturated rings. The van der Waals surface area contributed by atoms with Crippen molar-refractivity contribution < 1.29 is 80.2 Å². The minimum absolute atomic E-state index is 0.106. The van der Waals surface area contributed by atoms with Gasteiger partial charge in [-0.1, -0.05) is 325 Å². The zero-order valence-electron chi connectivity index (χ0n) is 61.6. The van der Waals surface area contributed by atoms with Gasteiger partial charge in [-0.3, -0.25) is 37.3 Å². The van der Waals surface area contributed by atoms with E-state index in [0.29, 0.717) is 31.6 Å². The summed E-state index contributed by atoms with van der Waals surface area (Å²) in [6.45, 7) is 14.1. The highest BCUT2D eigenvalue weighted by molar-refractivity contribution is 7.47. The molecule has 94 heavy (non-hydrogen) atoms. The molecule has 0 amide bonds. The topological polar surface area (TPSA) is 237 Å². The average molecular weight is 1380 g/mol. The molecule has 19 heteroatoms. The lowest BCUT2D eigenvalue weighted by Crippen LogP contribution is -2.30. The quantitative estimate of drug-likeness (QED) is 0.0222. The van der Waals surface area contributed by atoms with Gasteiger partial charge in [0.2, 0.25) is 0 Å². The summed E-state index contributed by atoms with van der Waals surface area (Å²) in [5, 5.41) is 10.6. The second kappa shape index (κ2) is 64.4. The van der Waals surface area contributed by atoms with Crippen LogP contribution in [0.15, 0.2) is 0 Å². The molecule has 0 bridgehead atoms. The van der Waals surface area contributed by atoms with Crippen molar-refractivity contribution in [2.24, 2.45) is 23.7 Å². The summed E-state index contributed by atoms with van der Waals surface area (Å²) in [5.41, 5.74) is 0. The van der Waals surface area contributed by atoms with Crippen LogP contribution < -0.4 is 0 Å². The Bertz CT molecular complexity index is 1850. The minimum atomic E-state index is -4.96. The molecule has 0 heterocycles. The van der Waals surface area contributed by atoms with Gasteiger partial charge in [0, 0.05) is 25.7 Å². The number of aliphatic hydroxyl groups excluding tert-OH is 1. The lowest BCUT2D eigenvalue weighted by atomic mass is 10.0. The van der Waals surface area contributed by atoms with Crippen LogP contribution in [0.5, 0.6) is 0 Å². The maximum absolute atomic E-state index is 13.1. The van der Waals surface area contributed by atoms with Crippen molar-refractivity contribution in [2.45, 2.75) is 395 Å². The number of aliphatic hydroxyl groups is 1. The molecule has 17 nitrogen and oxygen atoms in total. The van der Waals surface area contributed by atoms with Crippen molar-refractivity contribution >= 4 is 39.5 Å². The first-order valence-corrected chi connectivity index (χ1v) is 41.7. The highest BCUT2D eigenvalue weighted by Gasteiger charge is 2.30. The van der Waals surface area contributed by atoms with E-state index in [4.69, 9.17) is 37.0 Å². The van der Waals surface area contributed by atoms with E-state index in [9.17, 15) is 43.2 Å². The Kier molecular flexibility index (Phi) is 63.1. The zero-order valence-corrected chi connectivity index (χ0v) is 63.4. The fraction of sp³-hybridized carbons (Fsp3) is 0.947. The van der Waals surface area contributed by atoms with Gasteiger partial charge in [-0.15, -0.1) is 0 Å². The van der Waals surface area contributed by atoms with E-state index in [0.717, 1.165) is 114 Å². The molecule has 3 N–H and O–H groups in total. The first-order chi connectivity index (χ1) is 45.1. The number of phosphoric acid groups is 2. The first-order valence-electron chi connectivity index (χ1n) is 38.7. The molecule has 0 saturated heterocycles. The summed E-state index contributed by atoms with van der Waals surface area (Å²) in [6.07, 6.45) is 48.7. The molecule has 558 valence electrons. The number of hydrogen-bond acceptors (Lipinski definition) is 15. The Morgan fingerprint density at radius 2 is 0.447 bits per heavy atom. The monoisotopic (exact) mass is 1380 g/mol. The highest BCUT2D eigenvalue weighted by atomic mass is 31.2. The molecule has 0 spiro atoms. The molecule has 0 aromatic heterocycles. The lowest BCUT2D eigenvalue weighted by molar-refractivity contribution is -0.161. The molecular formula is C75H146O17P2. The fourth-order valence-electron chi connectivity index (χ4n) is 11.4. The summed E-state index contributed by atoms with van der Waals surface area (Å²) in [6, 6.07) is 0. The lowest BCUT2D eigenvalue weighted by Gasteiger charge is -2.21. The van der Waals surface area contributed by atoms with Crippen LogP contribution in [0.4, 0.5) is 0 Å². The van der Waals surface area contributed by atoms with Crippen molar-refractivity contribution in [3.63, 3.8) is 0 Å². The van der Waals surface area contributed by atoms with Crippen LogP contribution in [0, 0.1) is 23.7 Å². The SMILES string of the molecule is CC(C)CCCCCCCCCCCCCCCC(=O)O[C@H](COC(=O)CCCCCCCCC(C)C)COP(=O)(O)OC[C@H](O)COP(=O)(O)OC[C@@H](COC(=O)CCCCCCCCCCCCCCC(C)C)OC(=O)CCCCCCCCCCCCCC(C)C. The van der Waals surface area contributed by atoms with E-state index >= 15 is 0 Å².